The molecule has 1 aromatic heterocycles. The molecule has 5 nitrogen and oxygen atoms in total. The van der Waals surface area contributed by atoms with Crippen LogP contribution in [-0.2, 0) is 0 Å². The van der Waals surface area contributed by atoms with Gasteiger partial charge in [-0.2, -0.15) is 13.2 Å². The maximum atomic E-state index is 12.1. The Balaban J connectivity index is 2.35. The van der Waals surface area contributed by atoms with Gasteiger partial charge in [-0.15, -0.1) is 0 Å². The molecule has 1 aromatic rings. The molecule has 0 aliphatic heterocycles. The number of hydrogen-bond donors (Lipinski definition) is 2. The first-order valence-electron chi connectivity index (χ1n) is 6.74. The Kier molecular flexibility index (Phi) is 7.79. The Bertz CT molecular complexity index is 483. The number of pyridine rings is 1. The zero-order valence-electron chi connectivity index (χ0n) is 12.1. The highest BCUT2D eigenvalue weighted by Crippen LogP contribution is 2.19. The lowest BCUT2D eigenvalue weighted by molar-refractivity contribution is -0.132. The monoisotopic (exact) mass is 338 g/mol. The van der Waals surface area contributed by atoms with Crippen LogP contribution in [0.4, 0.5) is 13.2 Å². The molecule has 0 saturated heterocycles. The second-order valence-electron chi connectivity index (χ2n) is 4.19. The quantitative estimate of drug-likeness (QED) is 0.456. The van der Waals surface area contributed by atoms with Crippen molar-refractivity contribution in [3.63, 3.8) is 0 Å². The van der Waals surface area contributed by atoms with E-state index in [0.717, 1.165) is 0 Å². The molecule has 0 amide bonds. The number of aliphatic imine (C=N–C) groups is 1. The zero-order valence-corrected chi connectivity index (χ0v) is 12.8. The molecule has 0 aliphatic carbocycles. The van der Waals surface area contributed by atoms with Crippen molar-refractivity contribution in [1.29, 1.82) is 0 Å². The predicted molar refractivity (Wildman–Crippen MR) is 79.4 cm³/mol. The lowest BCUT2D eigenvalue weighted by atomic mass is 10.4. The number of hydrogen-bond acceptors (Lipinski definition) is 3. The van der Waals surface area contributed by atoms with E-state index in [1.165, 1.54) is 0 Å². The average Bonchev–Trinajstić information content (AvgIpc) is 2.44. The molecule has 0 aromatic carbocycles. The first-order chi connectivity index (χ1) is 10.4. The normalized spacial score (nSPS) is 12.1. The Morgan fingerprint density at radius 1 is 1.41 bits per heavy atom. The number of nitrogens with zero attached hydrogens (tertiary/aromatic N) is 2. The summed E-state index contributed by atoms with van der Waals surface area (Å²) in [5.41, 5.74) is 0. The van der Waals surface area contributed by atoms with Crippen molar-refractivity contribution in [2.24, 2.45) is 4.99 Å². The number of rotatable bonds is 7. The largest absolute Gasteiger partial charge is 0.475 e. The lowest BCUT2D eigenvalue weighted by Crippen LogP contribution is -2.39. The fraction of sp³-hybridized carbons (Fsp3) is 0.538. The smallest absolute Gasteiger partial charge is 0.390 e. The van der Waals surface area contributed by atoms with Gasteiger partial charge in [0, 0.05) is 12.7 Å². The molecule has 2 N–H and O–H groups in total. The Morgan fingerprint density at radius 2 is 2.18 bits per heavy atom. The van der Waals surface area contributed by atoms with Gasteiger partial charge in [0.2, 0.25) is 5.88 Å². The van der Waals surface area contributed by atoms with Crippen LogP contribution in [0.1, 0.15) is 13.3 Å². The summed E-state index contributed by atoms with van der Waals surface area (Å²) in [4.78, 5) is 7.79. The molecule has 1 heterocycles. The van der Waals surface area contributed by atoms with Gasteiger partial charge < -0.3 is 15.4 Å². The van der Waals surface area contributed by atoms with Crippen molar-refractivity contribution >= 4 is 17.6 Å². The van der Waals surface area contributed by atoms with E-state index < -0.39 is 12.6 Å². The maximum Gasteiger partial charge on any atom is 0.390 e. The Hall–Kier alpha value is -1.70. The number of aromatic nitrogens is 1. The van der Waals surface area contributed by atoms with E-state index in [2.05, 4.69) is 20.6 Å². The molecule has 9 heteroatoms. The third kappa shape index (κ3) is 7.92. The number of ether oxygens (including phenoxy) is 1. The third-order valence-corrected chi connectivity index (χ3v) is 2.66. The number of nitrogens with one attached hydrogen (secondary N) is 2. The van der Waals surface area contributed by atoms with Crippen LogP contribution in [0, 0.1) is 0 Å². The van der Waals surface area contributed by atoms with E-state index in [0.29, 0.717) is 30.0 Å². The SMILES string of the molecule is CCNC(=NCCC(F)(F)F)NCCOc1ncccc1Cl. The summed E-state index contributed by atoms with van der Waals surface area (Å²) in [5, 5.41) is 6.12. The van der Waals surface area contributed by atoms with E-state index in [1.54, 1.807) is 18.3 Å². The molecule has 0 radical (unpaired) electrons. The van der Waals surface area contributed by atoms with Gasteiger partial charge in [-0.3, -0.25) is 4.99 Å². The topological polar surface area (TPSA) is 58.5 Å². The molecule has 0 fully saturated rings. The Morgan fingerprint density at radius 3 is 2.82 bits per heavy atom. The number of guanidine groups is 1. The van der Waals surface area contributed by atoms with Crippen LogP contribution in [0.5, 0.6) is 5.88 Å². The molecule has 0 unspecified atom stereocenters. The van der Waals surface area contributed by atoms with Gasteiger partial charge in [0.15, 0.2) is 5.96 Å². The molecular weight excluding hydrogens is 321 g/mol. The highest BCUT2D eigenvalue weighted by atomic mass is 35.5. The minimum Gasteiger partial charge on any atom is -0.475 e. The van der Waals surface area contributed by atoms with Crippen LogP contribution < -0.4 is 15.4 Å². The standard InChI is InChI=1S/C13H18ClF3N4O/c1-2-18-12(20-7-5-13(15,16)17)21-8-9-22-11-10(14)4-3-6-19-11/h3-4,6H,2,5,7-9H2,1H3,(H2,18,20,21). The minimum atomic E-state index is -4.21. The summed E-state index contributed by atoms with van der Waals surface area (Å²) in [6.07, 6.45) is -3.61. The summed E-state index contributed by atoms with van der Waals surface area (Å²) in [7, 11) is 0. The number of halogens is 4. The summed E-state index contributed by atoms with van der Waals surface area (Å²) in [6, 6.07) is 3.34. The molecule has 1 rings (SSSR count). The van der Waals surface area contributed by atoms with E-state index >= 15 is 0 Å². The van der Waals surface area contributed by atoms with E-state index in [-0.39, 0.29) is 13.2 Å². The van der Waals surface area contributed by atoms with E-state index in [4.69, 9.17) is 16.3 Å². The molecule has 22 heavy (non-hydrogen) atoms. The number of alkyl halides is 3. The maximum absolute atomic E-state index is 12.1. The van der Waals surface area contributed by atoms with Crippen LogP contribution in [0.2, 0.25) is 5.02 Å². The second-order valence-corrected chi connectivity index (χ2v) is 4.60. The van der Waals surface area contributed by atoms with E-state index in [1.807, 2.05) is 6.92 Å². The minimum absolute atomic E-state index is 0.250. The third-order valence-electron chi connectivity index (χ3n) is 2.37. The predicted octanol–water partition coefficient (Wildman–Crippen LogP) is 2.62. The van der Waals surface area contributed by atoms with Crippen LogP contribution in [0.3, 0.4) is 0 Å². The van der Waals surface area contributed by atoms with E-state index in [9.17, 15) is 13.2 Å². The first kappa shape index (κ1) is 18.3. The second kappa shape index (κ2) is 9.34. The summed E-state index contributed by atoms with van der Waals surface area (Å²) < 4.78 is 41.6. The van der Waals surface area contributed by atoms with Gasteiger partial charge in [0.1, 0.15) is 11.6 Å². The lowest BCUT2D eigenvalue weighted by Gasteiger charge is -2.12. The highest BCUT2D eigenvalue weighted by molar-refractivity contribution is 6.31. The molecule has 0 bridgehead atoms. The summed E-state index contributed by atoms with van der Waals surface area (Å²) >= 11 is 5.88. The fourth-order valence-electron chi connectivity index (χ4n) is 1.43. The molecule has 0 spiro atoms. The van der Waals surface area contributed by atoms with Crippen molar-refractivity contribution in [1.82, 2.24) is 15.6 Å². The van der Waals surface area contributed by atoms with Gasteiger partial charge in [0.05, 0.1) is 19.5 Å². The zero-order chi connectivity index (χ0) is 16.4. The fourth-order valence-corrected chi connectivity index (χ4v) is 1.61. The van der Waals surface area contributed by atoms with Crippen LogP contribution in [-0.4, -0.2) is 43.4 Å². The summed E-state index contributed by atoms with van der Waals surface area (Å²) in [5.74, 6) is 0.618. The van der Waals surface area contributed by atoms with Gasteiger partial charge >= 0.3 is 6.18 Å². The highest BCUT2D eigenvalue weighted by Gasteiger charge is 2.26. The van der Waals surface area contributed by atoms with Crippen molar-refractivity contribution in [3.05, 3.63) is 23.4 Å². The summed E-state index contributed by atoms with van der Waals surface area (Å²) in [6.45, 7) is 2.65. The molecule has 0 aliphatic rings. The van der Waals surface area contributed by atoms with Crippen LogP contribution in [0.15, 0.2) is 23.3 Å². The van der Waals surface area contributed by atoms with Crippen molar-refractivity contribution < 1.29 is 17.9 Å². The average molecular weight is 339 g/mol. The molecule has 0 saturated carbocycles. The molecule has 124 valence electrons. The van der Waals surface area contributed by atoms with Crippen molar-refractivity contribution in [2.75, 3.05) is 26.2 Å². The van der Waals surface area contributed by atoms with Gasteiger partial charge in [0.25, 0.3) is 0 Å². The molecular formula is C13H18ClF3N4O. The van der Waals surface area contributed by atoms with Crippen LogP contribution in [0.25, 0.3) is 0 Å². The van der Waals surface area contributed by atoms with Gasteiger partial charge in [-0.05, 0) is 19.1 Å². The van der Waals surface area contributed by atoms with Gasteiger partial charge in [-0.25, -0.2) is 4.98 Å². The first-order valence-corrected chi connectivity index (χ1v) is 7.12. The Labute approximate surface area is 131 Å². The van der Waals surface area contributed by atoms with Crippen molar-refractivity contribution in [2.45, 2.75) is 19.5 Å². The molecule has 0 atom stereocenters. The van der Waals surface area contributed by atoms with Crippen molar-refractivity contribution in [3.8, 4) is 5.88 Å². The van der Waals surface area contributed by atoms with Crippen LogP contribution >= 0.6 is 11.6 Å². The van der Waals surface area contributed by atoms with Gasteiger partial charge in [-0.1, -0.05) is 11.6 Å².